The van der Waals surface area contributed by atoms with Crippen LogP contribution in [-0.4, -0.2) is 13.1 Å². The van der Waals surface area contributed by atoms with Crippen LogP contribution in [0.5, 0.6) is 0 Å². The van der Waals surface area contributed by atoms with E-state index in [4.69, 9.17) is 0 Å². The maximum atomic E-state index is 13.2. The average Bonchev–Trinajstić information content (AvgIpc) is 2.45. The Morgan fingerprint density at radius 3 is 2.25 bits per heavy atom. The van der Waals surface area contributed by atoms with Crippen LogP contribution >= 0.6 is 0 Å². The number of halogens is 1. The quantitative estimate of drug-likeness (QED) is 0.787. The van der Waals surface area contributed by atoms with Crippen LogP contribution in [0.4, 0.5) is 4.39 Å². The number of hydrogen-bond acceptors (Lipinski definition) is 1. The number of piperidine rings is 1. The van der Waals surface area contributed by atoms with Gasteiger partial charge >= 0.3 is 0 Å². The topological polar surface area (TPSA) is 12.0 Å². The van der Waals surface area contributed by atoms with Gasteiger partial charge < -0.3 is 5.32 Å². The van der Waals surface area contributed by atoms with E-state index in [0.29, 0.717) is 11.3 Å². The molecule has 1 atom stereocenters. The third-order valence-corrected chi connectivity index (χ3v) is 5.51. The van der Waals surface area contributed by atoms with Crippen LogP contribution < -0.4 is 5.32 Å². The van der Waals surface area contributed by atoms with Gasteiger partial charge in [-0.1, -0.05) is 44.2 Å². The smallest absolute Gasteiger partial charge is 0.123 e. The minimum atomic E-state index is -0.121. The van der Waals surface area contributed by atoms with E-state index in [-0.39, 0.29) is 5.82 Å². The molecule has 20 heavy (non-hydrogen) atoms. The zero-order valence-corrected chi connectivity index (χ0v) is 12.3. The fraction of sp³-hybridized carbons (Fsp3) is 0.667. The highest BCUT2D eigenvalue weighted by Gasteiger charge is 2.40. The van der Waals surface area contributed by atoms with Gasteiger partial charge in [-0.25, -0.2) is 4.39 Å². The van der Waals surface area contributed by atoms with Crippen LogP contribution in [0.2, 0.25) is 0 Å². The normalized spacial score (nSPS) is 26.9. The molecule has 0 amide bonds. The Balaban J connectivity index is 1.86. The second-order valence-electron chi connectivity index (χ2n) is 6.69. The molecule has 1 unspecified atom stereocenters. The molecular formula is C18H26FN. The minimum Gasteiger partial charge on any atom is -0.316 e. The maximum Gasteiger partial charge on any atom is 0.123 e. The molecule has 1 aliphatic carbocycles. The van der Waals surface area contributed by atoms with Gasteiger partial charge in [0.2, 0.25) is 0 Å². The Morgan fingerprint density at radius 2 is 1.55 bits per heavy atom. The van der Waals surface area contributed by atoms with E-state index < -0.39 is 0 Å². The lowest BCUT2D eigenvalue weighted by atomic mass is 9.62. The number of benzene rings is 1. The number of rotatable bonds is 1. The molecular weight excluding hydrogens is 249 g/mol. The van der Waals surface area contributed by atoms with Gasteiger partial charge in [-0.2, -0.15) is 0 Å². The molecule has 1 aliphatic heterocycles. The summed E-state index contributed by atoms with van der Waals surface area (Å²) in [5, 5.41) is 3.56. The summed E-state index contributed by atoms with van der Waals surface area (Å²) in [5.41, 5.74) is 1.79. The summed E-state index contributed by atoms with van der Waals surface area (Å²) in [6.07, 6.45) is 10.9. The molecule has 1 heterocycles. The maximum absolute atomic E-state index is 13.2. The summed E-state index contributed by atoms with van der Waals surface area (Å²) in [6, 6.07) is 7.27. The first-order valence-corrected chi connectivity index (χ1v) is 8.26. The Bertz CT molecular complexity index is 418. The van der Waals surface area contributed by atoms with Gasteiger partial charge in [0.05, 0.1) is 0 Å². The first-order chi connectivity index (χ1) is 9.80. The molecule has 2 fully saturated rings. The molecule has 1 N–H and O–H groups in total. The first kappa shape index (κ1) is 14.1. The lowest BCUT2D eigenvalue weighted by Crippen LogP contribution is -2.44. The molecule has 3 rings (SSSR count). The molecule has 2 heteroatoms. The molecule has 1 saturated heterocycles. The van der Waals surface area contributed by atoms with E-state index in [2.05, 4.69) is 5.32 Å². The second kappa shape index (κ2) is 6.26. The van der Waals surface area contributed by atoms with Gasteiger partial charge in [-0.05, 0) is 48.9 Å². The highest BCUT2D eigenvalue weighted by molar-refractivity contribution is 5.24. The molecule has 0 bridgehead atoms. The van der Waals surface area contributed by atoms with Gasteiger partial charge in [0.15, 0.2) is 0 Å². The summed E-state index contributed by atoms with van der Waals surface area (Å²) in [5.74, 6) is 0.444. The van der Waals surface area contributed by atoms with Crippen molar-refractivity contribution < 1.29 is 4.39 Å². The molecule has 110 valence electrons. The number of nitrogens with one attached hydrogen (secondary N) is 1. The van der Waals surface area contributed by atoms with Crippen LogP contribution in [0.25, 0.3) is 0 Å². The van der Waals surface area contributed by atoms with Crippen LogP contribution in [0, 0.1) is 11.2 Å². The first-order valence-electron chi connectivity index (χ1n) is 8.26. The molecule has 2 aliphatic rings. The Morgan fingerprint density at radius 1 is 0.900 bits per heavy atom. The fourth-order valence-corrected chi connectivity index (χ4v) is 4.35. The van der Waals surface area contributed by atoms with E-state index in [9.17, 15) is 4.39 Å². The minimum absolute atomic E-state index is 0.121. The van der Waals surface area contributed by atoms with Crippen LogP contribution in [-0.2, 0) is 0 Å². The predicted molar refractivity (Wildman–Crippen MR) is 81.4 cm³/mol. The van der Waals surface area contributed by atoms with Crippen molar-refractivity contribution in [2.45, 2.75) is 57.3 Å². The van der Waals surface area contributed by atoms with Crippen LogP contribution in [0.1, 0.15) is 62.8 Å². The van der Waals surface area contributed by atoms with E-state index in [1.54, 1.807) is 12.1 Å². The lowest BCUT2D eigenvalue weighted by molar-refractivity contribution is 0.117. The SMILES string of the molecule is Fc1ccc(C2CNCCC23CCCCCCC3)cc1. The van der Waals surface area contributed by atoms with Crippen molar-refractivity contribution in [2.75, 3.05) is 13.1 Å². The Labute approximate surface area is 122 Å². The zero-order valence-electron chi connectivity index (χ0n) is 12.3. The van der Waals surface area contributed by atoms with Crippen molar-refractivity contribution in [3.05, 3.63) is 35.6 Å². The molecule has 1 saturated carbocycles. The van der Waals surface area contributed by atoms with Gasteiger partial charge in [-0.15, -0.1) is 0 Å². The fourth-order valence-electron chi connectivity index (χ4n) is 4.35. The lowest BCUT2D eigenvalue weighted by Gasteiger charge is -2.46. The average molecular weight is 275 g/mol. The number of hydrogen-bond donors (Lipinski definition) is 1. The standard InChI is InChI=1S/C18H26FN/c19-16-8-6-15(7-9-16)17-14-20-13-12-18(17)10-4-2-1-3-5-11-18/h6-9,17,20H,1-5,10-14H2. The van der Waals surface area contributed by atoms with Crippen LogP contribution in [0.15, 0.2) is 24.3 Å². The van der Waals surface area contributed by atoms with E-state index >= 15 is 0 Å². The molecule has 1 aromatic rings. The molecule has 1 aromatic carbocycles. The van der Waals surface area contributed by atoms with Crippen molar-refractivity contribution in [1.29, 1.82) is 0 Å². The third kappa shape index (κ3) is 2.90. The van der Waals surface area contributed by atoms with Crippen molar-refractivity contribution in [3.8, 4) is 0 Å². The zero-order chi connectivity index (χ0) is 13.8. The Kier molecular flexibility index (Phi) is 4.40. The Hall–Kier alpha value is -0.890. The second-order valence-corrected chi connectivity index (χ2v) is 6.69. The summed E-state index contributed by atoms with van der Waals surface area (Å²) in [6.45, 7) is 2.21. The molecule has 0 radical (unpaired) electrons. The third-order valence-electron chi connectivity index (χ3n) is 5.51. The summed E-state index contributed by atoms with van der Waals surface area (Å²) >= 11 is 0. The predicted octanol–water partition coefficient (Wildman–Crippen LogP) is 4.63. The van der Waals surface area contributed by atoms with E-state index in [1.165, 1.54) is 56.9 Å². The largest absolute Gasteiger partial charge is 0.316 e. The highest BCUT2D eigenvalue weighted by Crippen LogP contribution is 2.49. The van der Waals surface area contributed by atoms with Crippen molar-refractivity contribution in [3.63, 3.8) is 0 Å². The molecule has 0 aromatic heterocycles. The van der Waals surface area contributed by atoms with Crippen molar-refractivity contribution in [1.82, 2.24) is 5.32 Å². The van der Waals surface area contributed by atoms with Gasteiger partial charge in [0, 0.05) is 12.5 Å². The van der Waals surface area contributed by atoms with Gasteiger partial charge in [0.25, 0.3) is 0 Å². The monoisotopic (exact) mass is 275 g/mol. The molecule has 1 nitrogen and oxygen atoms in total. The summed E-state index contributed by atoms with van der Waals surface area (Å²) in [4.78, 5) is 0. The van der Waals surface area contributed by atoms with Crippen LogP contribution in [0.3, 0.4) is 0 Å². The summed E-state index contributed by atoms with van der Waals surface area (Å²) < 4.78 is 13.2. The summed E-state index contributed by atoms with van der Waals surface area (Å²) in [7, 11) is 0. The highest BCUT2D eigenvalue weighted by atomic mass is 19.1. The van der Waals surface area contributed by atoms with Crippen molar-refractivity contribution in [2.24, 2.45) is 5.41 Å². The van der Waals surface area contributed by atoms with Crippen molar-refractivity contribution >= 4 is 0 Å². The van der Waals surface area contributed by atoms with E-state index in [0.717, 1.165) is 13.1 Å². The van der Waals surface area contributed by atoms with Gasteiger partial charge in [-0.3, -0.25) is 0 Å². The van der Waals surface area contributed by atoms with Gasteiger partial charge in [0.1, 0.15) is 5.82 Å². The molecule has 1 spiro atoms. The van der Waals surface area contributed by atoms with E-state index in [1.807, 2.05) is 12.1 Å².